The van der Waals surface area contributed by atoms with Crippen molar-refractivity contribution in [2.45, 2.75) is 24.8 Å². The van der Waals surface area contributed by atoms with E-state index in [4.69, 9.17) is 11.6 Å². The first-order valence-electron chi connectivity index (χ1n) is 9.70. The zero-order valence-electron chi connectivity index (χ0n) is 16.7. The Bertz CT molecular complexity index is 1280. The van der Waals surface area contributed by atoms with Crippen LogP contribution in [0.1, 0.15) is 27.0 Å². The fourth-order valence-electron chi connectivity index (χ4n) is 3.62. The molecule has 0 saturated heterocycles. The Morgan fingerprint density at radius 3 is 2.55 bits per heavy atom. The van der Waals surface area contributed by atoms with Crippen molar-refractivity contribution in [3.05, 3.63) is 93.8 Å². The maximum Gasteiger partial charge on any atom is 0.257 e. The lowest BCUT2D eigenvalue weighted by molar-refractivity contribution is 0.102. The van der Waals surface area contributed by atoms with Crippen LogP contribution in [-0.2, 0) is 23.0 Å². The van der Waals surface area contributed by atoms with Gasteiger partial charge in [-0.3, -0.25) is 4.79 Å². The largest absolute Gasteiger partial charge is 0.322 e. The molecule has 3 aromatic rings. The summed E-state index contributed by atoms with van der Waals surface area (Å²) in [6.07, 6.45) is 0.625. The van der Waals surface area contributed by atoms with Gasteiger partial charge in [-0.25, -0.2) is 12.8 Å². The number of hydrogen-bond acceptors (Lipinski definition) is 3. The third kappa shape index (κ3) is 4.35. The average molecular weight is 459 g/mol. The van der Waals surface area contributed by atoms with Crippen molar-refractivity contribution < 1.29 is 17.6 Å². The van der Waals surface area contributed by atoms with E-state index >= 15 is 0 Å². The molecule has 1 N–H and O–H groups in total. The van der Waals surface area contributed by atoms with Gasteiger partial charge in [-0.15, -0.1) is 0 Å². The molecule has 1 amide bonds. The molecule has 4 rings (SSSR count). The topological polar surface area (TPSA) is 66.5 Å². The third-order valence-corrected chi connectivity index (χ3v) is 7.52. The highest BCUT2D eigenvalue weighted by Gasteiger charge is 2.29. The maximum atomic E-state index is 13.3. The molecule has 31 heavy (non-hydrogen) atoms. The number of benzene rings is 3. The van der Waals surface area contributed by atoms with Gasteiger partial charge < -0.3 is 5.32 Å². The minimum atomic E-state index is -3.82. The average Bonchev–Trinajstić information content (AvgIpc) is 2.75. The van der Waals surface area contributed by atoms with E-state index in [1.165, 1.54) is 40.7 Å². The number of nitrogens with one attached hydrogen (secondary N) is 1. The number of amides is 1. The Labute approximate surface area is 185 Å². The van der Waals surface area contributed by atoms with Crippen LogP contribution in [0.2, 0.25) is 5.02 Å². The number of anilines is 1. The van der Waals surface area contributed by atoms with Crippen LogP contribution in [-0.4, -0.2) is 25.2 Å². The predicted octanol–water partition coefficient (Wildman–Crippen LogP) is 4.79. The van der Waals surface area contributed by atoms with Crippen LogP contribution in [0.5, 0.6) is 0 Å². The number of sulfonamides is 1. The molecule has 3 aromatic carbocycles. The quantitative estimate of drug-likeness (QED) is 0.611. The second kappa shape index (κ2) is 8.42. The van der Waals surface area contributed by atoms with Gasteiger partial charge >= 0.3 is 0 Å². The van der Waals surface area contributed by atoms with Gasteiger partial charge in [0.15, 0.2) is 0 Å². The lowest BCUT2D eigenvalue weighted by atomic mass is 10.0. The Hall–Kier alpha value is -2.74. The van der Waals surface area contributed by atoms with Crippen molar-refractivity contribution in [1.82, 2.24) is 4.31 Å². The molecule has 0 saturated carbocycles. The molecule has 1 heterocycles. The van der Waals surface area contributed by atoms with Crippen LogP contribution in [0.25, 0.3) is 0 Å². The van der Waals surface area contributed by atoms with E-state index < -0.39 is 21.7 Å². The second-order valence-corrected chi connectivity index (χ2v) is 9.76. The van der Waals surface area contributed by atoms with Gasteiger partial charge in [0.25, 0.3) is 5.91 Å². The van der Waals surface area contributed by atoms with E-state index in [1.54, 1.807) is 6.92 Å². The highest BCUT2D eigenvalue weighted by molar-refractivity contribution is 7.89. The van der Waals surface area contributed by atoms with Gasteiger partial charge in [0, 0.05) is 18.8 Å². The summed E-state index contributed by atoms with van der Waals surface area (Å²) in [7, 11) is -3.82. The number of nitrogens with zero attached hydrogens (tertiary/aromatic N) is 1. The molecule has 0 spiro atoms. The van der Waals surface area contributed by atoms with Crippen LogP contribution in [0.15, 0.2) is 65.6 Å². The normalized spacial score (nSPS) is 14.2. The zero-order valence-corrected chi connectivity index (χ0v) is 18.3. The Morgan fingerprint density at radius 1 is 1.06 bits per heavy atom. The minimum absolute atomic E-state index is 0.00254. The summed E-state index contributed by atoms with van der Waals surface area (Å²) in [5.74, 6) is -0.981. The second-order valence-electron chi connectivity index (χ2n) is 7.41. The van der Waals surface area contributed by atoms with Crippen LogP contribution in [0.3, 0.4) is 0 Å². The first-order chi connectivity index (χ1) is 14.8. The molecule has 8 heteroatoms. The molecule has 5 nitrogen and oxygen atoms in total. The van der Waals surface area contributed by atoms with Crippen molar-refractivity contribution in [1.29, 1.82) is 0 Å². The SMILES string of the molecule is Cc1cc(F)ccc1NC(=O)c1cc(S(=O)(=O)N2CCc3ccccc3C2)ccc1Cl. The van der Waals surface area contributed by atoms with Crippen molar-refractivity contribution in [2.75, 3.05) is 11.9 Å². The van der Waals surface area contributed by atoms with Gasteiger partial charge in [0.2, 0.25) is 10.0 Å². The molecular formula is C23H20ClFN2O3S. The maximum absolute atomic E-state index is 13.3. The molecule has 0 radical (unpaired) electrons. The summed E-state index contributed by atoms with van der Waals surface area (Å²) in [5.41, 5.74) is 3.10. The van der Waals surface area contributed by atoms with Crippen molar-refractivity contribution in [3.63, 3.8) is 0 Å². The third-order valence-electron chi connectivity index (χ3n) is 5.35. The molecule has 160 valence electrons. The molecule has 1 aliphatic rings. The number of halogens is 2. The summed E-state index contributed by atoms with van der Waals surface area (Å²) < 4.78 is 41.2. The fraction of sp³-hybridized carbons (Fsp3) is 0.174. The smallest absolute Gasteiger partial charge is 0.257 e. The van der Waals surface area contributed by atoms with Crippen molar-refractivity contribution >= 4 is 33.2 Å². The summed E-state index contributed by atoms with van der Waals surface area (Å²) in [5, 5.41) is 2.79. The minimum Gasteiger partial charge on any atom is -0.322 e. The summed E-state index contributed by atoms with van der Waals surface area (Å²) in [6, 6.07) is 15.8. The molecular weight excluding hydrogens is 439 g/mol. The Morgan fingerprint density at radius 2 is 1.81 bits per heavy atom. The van der Waals surface area contributed by atoms with E-state index in [0.29, 0.717) is 24.2 Å². The number of rotatable bonds is 4. The van der Waals surface area contributed by atoms with Crippen LogP contribution in [0, 0.1) is 12.7 Å². The standard InChI is InChI=1S/C23H20ClFN2O3S/c1-15-12-18(25)6-9-22(15)26-23(28)20-13-19(7-8-21(20)24)31(29,30)27-11-10-16-4-2-3-5-17(16)14-27/h2-9,12-13H,10-11,14H2,1H3,(H,26,28). The Kier molecular flexibility index (Phi) is 5.83. The van der Waals surface area contributed by atoms with Crippen molar-refractivity contribution in [2.24, 2.45) is 0 Å². The number of carbonyl (C=O) groups is 1. The Balaban J connectivity index is 1.62. The highest BCUT2D eigenvalue weighted by Crippen LogP contribution is 2.28. The molecule has 0 unspecified atom stereocenters. The van der Waals surface area contributed by atoms with Crippen LogP contribution in [0.4, 0.5) is 10.1 Å². The monoisotopic (exact) mass is 458 g/mol. The summed E-state index contributed by atoms with van der Waals surface area (Å²) in [6.45, 7) is 2.30. The van der Waals surface area contributed by atoms with Gasteiger partial charge in [0.1, 0.15) is 5.82 Å². The molecule has 0 fully saturated rings. The van der Waals surface area contributed by atoms with Crippen LogP contribution >= 0.6 is 11.6 Å². The summed E-state index contributed by atoms with van der Waals surface area (Å²) >= 11 is 6.20. The lowest BCUT2D eigenvalue weighted by Gasteiger charge is -2.28. The lowest BCUT2D eigenvalue weighted by Crippen LogP contribution is -2.36. The van der Waals surface area contributed by atoms with Gasteiger partial charge in [0.05, 0.1) is 15.5 Å². The highest BCUT2D eigenvalue weighted by atomic mass is 35.5. The van der Waals surface area contributed by atoms with E-state index in [1.807, 2.05) is 24.3 Å². The number of carbonyl (C=O) groups excluding carboxylic acids is 1. The molecule has 0 atom stereocenters. The van der Waals surface area contributed by atoms with E-state index in [2.05, 4.69) is 5.32 Å². The molecule has 1 aliphatic heterocycles. The number of fused-ring (bicyclic) bond motifs is 1. The predicted molar refractivity (Wildman–Crippen MR) is 118 cm³/mol. The number of hydrogen-bond donors (Lipinski definition) is 1. The first-order valence-corrected chi connectivity index (χ1v) is 11.5. The molecule has 0 aromatic heterocycles. The van der Waals surface area contributed by atoms with Crippen LogP contribution < -0.4 is 5.32 Å². The zero-order chi connectivity index (χ0) is 22.2. The molecule has 0 bridgehead atoms. The first kappa shape index (κ1) is 21.5. The molecule has 0 aliphatic carbocycles. The van der Waals surface area contributed by atoms with Gasteiger partial charge in [-0.1, -0.05) is 35.9 Å². The fourth-order valence-corrected chi connectivity index (χ4v) is 5.27. The summed E-state index contributed by atoms with van der Waals surface area (Å²) in [4.78, 5) is 12.8. The van der Waals surface area contributed by atoms with E-state index in [0.717, 1.165) is 11.1 Å². The van der Waals surface area contributed by atoms with Gasteiger partial charge in [-0.2, -0.15) is 4.31 Å². The van der Waals surface area contributed by atoms with Crippen molar-refractivity contribution in [3.8, 4) is 0 Å². The number of aryl methyl sites for hydroxylation is 1. The van der Waals surface area contributed by atoms with E-state index in [-0.39, 0.29) is 22.0 Å². The van der Waals surface area contributed by atoms with Gasteiger partial charge in [-0.05, 0) is 66.4 Å². The van der Waals surface area contributed by atoms with E-state index in [9.17, 15) is 17.6 Å².